The number of aromatic amines is 1. The Morgan fingerprint density at radius 3 is 2.57 bits per heavy atom. The first-order valence-corrected chi connectivity index (χ1v) is 9.04. The molecule has 5 aromatic rings. The van der Waals surface area contributed by atoms with Crippen LogP contribution in [0.4, 0.5) is 19.0 Å². The van der Waals surface area contributed by atoms with Crippen molar-refractivity contribution in [1.82, 2.24) is 29.5 Å². The number of anilines is 1. The summed E-state index contributed by atoms with van der Waals surface area (Å²) in [5.41, 5.74) is 2.16. The zero-order chi connectivity index (χ0) is 20.8. The van der Waals surface area contributed by atoms with Crippen LogP contribution in [-0.2, 0) is 0 Å². The number of halogens is 3. The molecular formula is C20H14F3N7. The molecule has 0 saturated carbocycles. The minimum absolute atomic E-state index is 0.193. The van der Waals surface area contributed by atoms with Crippen molar-refractivity contribution in [1.29, 1.82) is 0 Å². The van der Waals surface area contributed by atoms with Crippen LogP contribution >= 0.6 is 0 Å². The van der Waals surface area contributed by atoms with E-state index >= 15 is 0 Å². The summed E-state index contributed by atoms with van der Waals surface area (Å²) in [5.74, 6) is -1.07. The summed E-state index contributed by atoms with van der Waals surface area (Å²) in [4.78, 5) is 19.9. The predicted octanol–water partition coefficient (Wildman–Crippen LogP) is 4.28. The van der Waals surface area contributed by atoms with Gasteiger partial charge in [-0.1, -0.05) is 0 Å². The van der Waals surface area contributed by atoms with Crippen molar-refractivity contribution in [3.8, 4) is 5.69 Å². The molecule has 0 bridgehead atoms. The fraction of sp³-hybridized carbons (Fsp3) is 0.100. The van der Waals surface area contributed by atoms with Crippen molar-refractivity contribution in [3.63, 3.8) is 0 Å². The van der Waals surface area contributed by atoms with E-state index in [4.69, 9.17) is 0 Å². The second kappa shape index (κ2) is 6.83. The highest BCUT2D eigenvalue weighted by molar-refractivity contribution is 5.82. The summed E-state index contributed by atoms with van der Waals surface area (Å²) in [7, 11) is 0. The Bertz CT molecular complexity index is 1370. The number of H-pyrrole nitrogens is 1. The lowest BCUT2D eigenvalue weighted by Gasteiger charge is -2.17. The predicted molar refractivity (Wildman–Crippen MR) is 105 cm³/mol. The van der Waals surface area contributed by atoms with E-state index in [0.717, 1.165) is 6.07 Å². The Labute approximate surface area is 167 Å². The van der Waals surface area contributed by atoms with Crippen molar-refractivity contribution in [2.45, 2.75) is 13.0 Å². The van der Waals surface area contributed by atoms with Crippen LogP contribution in [0.1, 0.15) is 18.8 Å². The van der Waals surface area contributed by atoms with Gasteiger partial charge in [-0.2, -0.15) is 0 Å². The van der Waals surface area contributed by atoms with E-state index in [9.17, 15) is 13.2 Å². The number of nitrogens with one attached hydrogen (secondary N) is 2. The first-order chi connectivity index (χ1) is 14.5. The molecule has 0 aliphatic carbocycles. The zero-order valence-corrected chi connectivity index (χ0v) is 15.6. The van der Waals surface area contributed by atoms with Gasteiger partial charge in [0.1, 0.15) is 35.1 Å². The second-order valence-electron chi connectivity index (χ2n) is 6.76. The van der Waals surface area contributed by atoms with Crippen LogP contribution in [-0.4, -0.2) is 29.5 Å². The van der Waals surface area contributed by atoms with E-state index < -0.39 is 23.5 Å². The van der Waals surface area contributed by atoms with Crippen molar-refractivity contribution in [3.05, 3.63) is 72.3 Å². The van der Waals surface area contributed by atoms with Crippen LogP contribution in [0.3, 0.4) is 0 Å². The van der Waals surface area contributed by atoms with Crippen molar-refractivity contribution >= 4 is 28.0 Å². The number of nitrogens with zero attached hydrogens (tertiary/aromatic N) is 5. The zero-order valence-electron chi connectivity index (χ0n) is 15.6. The molecule has 2 N–H and O–H groups in total. The van der Waals surface area contributed by atoms with Gasteiger partial charge >= 0.3 is 0 Å². The third-order valence-corrected chi connectivity index (χ3v) is 4.71. The van der Waals surface area contributed by atoms with Crippen LogP contribution in [0.15, 0.2) is 49.1 Å². The smallest absolute Gasteiger partial charge is 0.182 e. The van der Waals surface area contributed by atoms with Crippen molar-refractivity contribution < 1.29 is 13.2 Å². The lowest BCUT2D eigenvalue weighted by Crippen LogP contribution is -2.14. The summed E-state index contributed by atoms with van der Waals surface area (Å²) >= 11 is 0. The van der Waals surface area contributed by atoms with Crippen LogP contribution in [0.2, 0.25) is 0 Å². The molecule has 0 amide bonds. The number of benzene rings is 2. The summed E-state index contributed by atoms with van der Waals surface area (Å²) in [6, 6.07) is 6.73. The Kier molecular flexibility index (Phi) is 4.12. The van der Waals surface area contributed by atoms with E-state index in [1.54, 1.807) is 0 Å². The standard InChI is InChI=1S/C20H14F3N7/c1-10(28-19-17-18(25-8-24-17)26-9-27-19)20-29-15-3-2-11(21)7-16(15)30(20)14-5-12(22)4-13(23)6-14/h2-10H,1H3,(H2,24,25,26,27,28). The molecule has 0 radical (unpaired) electrons. The molecule has 1 atom stereocenters. The molecule has 30 heavy (non-hydrogen) atoms. The molecule has 0 aliphatic rings. The molecule has 0 saturated heterocycles. The second-order valence-corrected chi connectivity index (χ2v) is 6.76. The largest absolute Gasteiger partial charge is 0.358 e. The number of imidazole rings is 2. The van der Waals surface area contributed by atoms with E-state index in [1.165, 1.54) is 47.6 Å². The molecular weight excluding hydrogens is 395 g/mol. The SMILES string of the molecule is CC(Nc1ncnc2nc[nH]c12)c1nc2ccc(F)cc2n1-c1cc(F)cc(F)c1. The molecule has 3 aromatic heterocycles. The lowest BCUT2D eigenvalue weighted by molar-refractivity contribution is 0.581. The van der Waals surface area contributed by atoms with E-state index in [2.05, 4.69) is 30.2 Å². The van der Waals surface area contributed by atoms with Gasteiger partial charge in [0.05, 0.1) is 29.1 Å². The first-order valence-electron chi connectivity index (χ1n) is 9.04. The average molecular weight is 409 g/mol. The highest BCUT2D eigenvalue weighted by Gasteiger charge is 2.21. The molecule has 0 fully saturated rings. The van der Waals surface area contributed by atoms with Gasteiger partial charge in [0.25, 0.3) is 0 Å². The van der Waals surface area contributed by atoms with Gasteiger partial charge in [0.2, 0.25) is 0 Å². The average Bonchev–Trinajstić information content (AvgIpc) is 3.32. The molecule has 10 heteroatoms. The number of hydrogen-bond donors (Lipinski definition) is 2. The van der Waals surface area contributed by atoms with E-state index in [0.29, 0.717) is 33.8 Å². The Balaban J connectivity index is 1.67. The summed E-state index contributed by atoms with van der Waals surface area (Å²) in [5, 5.41) is 3.22. The number of rotatable bonds is 4. The van der Waals surface area contributed by atoms with Gasteiger partial charge in [0, 0.05) is 12.1 Å². The Morgan fingerprint density at radius 2 is 1.77 bits per heavy atom. The number of fused-ring (bicyclic) bond motifs is 2. The fourth-order valence-electron chi connectivity index (χ4n) is 3.44. The van der Waals surface area contributed by atoms with Crippen molar-refractivity contribution in [2.75, 3.05) is 5.32 Å². The van der Waals surface area contributed by atoms with Gasteiger partial charge in [0.15, 0.2) is 11.5 Å². The maximum absolute atomic E-state index is 14.0. The minimum atomic E-state index is -0.746. The topological polar surface area (TPSA) is 84.3 Å². The van der Waals surface area contributed by atoms with E-state index in [1.807, 2.05) is 6.92 Å². The van der Waals surface area contributed by atoms with Crippen LogP contribution < -0.4 is 5.32 Å². The molecule has 3 heterocycles. The fourth-order valence-corrected chi connectivity index (χ4v) is 3.44. The minimum Gasteiger partial charge on any atom is -0.358 e. The van der Waals surface area contributed by atoms with Gasteiger partial charge in [-0.25, -0.2) is 33.1 Å². The molecule has 5 rings (SSSR count). The summed E-state index contributed by atoms with van der Waals surface area (Å²) < 4.78 is 43.3. The van der Waals surface area contributed by atoms with Gasteiger partial charge < -0.3 is 10.3 Å². The number of aromatic nitrogens is 6. The van der Waals surface area contributed by atoms with Crippen LogP contribution in [0, 0.1) is 17.5 Å². The molecule has 1 unspecified atom stereocenters. The molecule has 7 nitrogen and oxygen atoms in total. The summed E-state index contributed by atoms with van der Waals surface area (Å²) in [6.07, 6.45) is 2.88. The molecule has 0 spiro atoms. The lowest BCUT2D eigenvalue weighted by atomic mass is 10.2. The normalized spacial score (nSPS) is 12.5. The third-order valence-electron chi connectivity index (χ3n) is 4.71. The highest BCUT2D eigenvalue weighted by atomic mass is 19.1. The summed E-state index contributed by atoms with van der Waals surface area (Å²) in [6.45, 7) is 1.81. The maximum Gasteiger partial charge on any atom is 0.182 e. The Morgan fingerprint density at radius 1 is 0.967 bits per heavy atom. The van der Waals surface area contributed by atoms with E-state index in [-0.39, 0.29) is 5.69 Å². The quantitative estimate of drug-likeness (QED) is 0.463. The third kappa shape index (κ3) is 3.02. The van der Waals surface area contributed by atoms with Crippen LogP contribution in [0.5, 0.6) is 0 Å². The monoisotopic (exact) mass is 409 g/mol. The van der Waals surface area contributed by atoms with Gasteiger partial charge in [-0.05, 0) is 31.2 Å². The van der Waals surface area contributed by atoms with Gasteiger partial charge in [-0.3, -0.25) is 4.57 Å². The highest BCUT2D eigenvalue weighted by Crippen LogP contribution is 2.29. The molecule has 150 valence electrons. The number of hydrogen-bond acceptors (Lipinski definition) is 5. The first kappa shape index (κ1) is 18.1. The van der Waals surface area contributed by atoms with Crippen molar-refractivity contribution in [2.24, 2.45) is 0 Å². The molecule has 2 aromatic carbocycles. The van der Waals surface area contributed by atoms with Gasteiger partial charge in [-0.15, -0.1) is 0 Å². The molecule has 0 aliphatic heterocycles. The Hall–Kier alpha value is -3.95. The maximum atomic E-state index is 14.0. The van der Waals surface area contributed by atoms with Crippen LogP contribution in [0.25, 0.3) is 27.9 Å².